The summed E-state index contributed by atoms with van der Waals surface area (Å²) in [5.41, 5.74) is 5.19. The fourth-order valence-corrected chi connectivity index (χ4v) is 0.907. The third-order valence-corrected chi connectivity index (χ3v) is 1.55. The number of nitrogens with zero attached hydrogens (tertiary/aromatic N) is 2. The van der Waals surface area contributed by atoms with Crippen molar-refractivity contribution in [2.45, 2.75) is 19.3 Å². The highest BCUT2D eigenvalue weighted by Gasteiger charge is 2.06. The second kappa shape index (κ2) is 6.59. The zero-order valence-corrected chi connectivity index (χ0v) is 7.58. The molecule has 3 N–H and O–H groups in total. The van der Waals surface area contributed by atoms with Crippen LogP contribution in [-0.2, 0) is 0 Å². The van der Waals surface area contributed by atoms with Crippen molar-refractivity contribution >= 4 is 5.84 Å². The van der Waals surface area contributed by atoms with Gasteiger partial charge in [-0.25, -0.2) is 8.78 Å². The third-order valence-electron chi connectivity index (χ3n) is 1.55. The second-order valence-corrected chi connectivity index (χ2v) is 2.85. The molecule has 6 heteroatoms. The van der Waals surface area contributed by atoms with E-state index < -0.39 is 6.43 Å². The molecule has 13 heavy (non-hydrogen) atoms. The van der Waals surface area contributed by atoms with E-state index in [4.69, 9.17) is 10.9 Å². The van der Waals surface area contributed by atoms with Gasteiger partial charge in [0.1, 0.15) is 5.84 Å². The lowest BCUT2D eigenvalue weighted by Gasteiger charge is -2.14. The van der Waals surface area contributed by atoms with Crippen LogP contribution >= 0.6 is 0 Å². The summed E-state index contributed by atoms with van der Waals surface area (Å²) in [5.74, 6) is 0.130. The topological polar surface area (TPSA) is 61.8 Å². The molecule has 78 valence electrons. The number of rotatable bonds is 6. The van der Waals surface area contributed by atoms with Crippen LogP contribution in [0.4, 0.5) is 8.78 Å². The fraction of sp³-hybridized carbons (Fsp3) is 0.857. The third kappa shape index (κ3) is 7.45. The van der Waals surface area contributed by atoms with Gasteiger partial charge in [0.15, 0.2) is 0 Å². The molecule has 0 spiro atoms. The summed E-state index contributed by atoms with van der Waals surface area (Å²) in [6.45, 7) is 0.275. The van der Waals surface area contributed by atoms with Crippen LogP contribution in [0.3, 0.4) is 0 Å². The minimum atomic E-state index is -2.31. The molecule has 0 aliphatic heterocycles. The molecule has 0 aromatic carbocycles. The number of hydrogen-bond acceptors (Lipinski definition) is 3. The molecule has 0 bridgehead atoms. The second-order valence-electron chi connectivity index (χ2n) is 2.85. The normalized spacial score (nSPS) is 12.8. The van der Waals surface area contributed by atoms with Gasteiger partial charge >= 0.3 is 0 Å². The Kier molecular flexibility index (Phi) is 6.13. The predicted molar refractivity (Wildman–Crippen MR) is 46.1 cm³/mol. The van der Waals surface area contributed by atoms with Crippen molar-refractivity contribution in [2.24, 2.45) is 10.9 Å². The van der Waals surface area contributed by atoms with Gasteiger partial charge in [-0.1, -0.05) is 5.16 Å². The minimum Gasteiger partial charge on any atom is -0.409 e. The van der Waals surface area contributed by atoms with E-state index in [-0.39, 0.29) is 12.4 Å². The molecule has 0 saturated carbocycles. The number of amidine groups is 1. The molecule has 0 aromatic rings. The van der Waals surface area contributed by atoms with E-state index in [1.165, 1.54) is 4.90 Å². The molecule has 0 aliphatic carbocycles. The molecule has 0 rings (SSSR count). The van der Waals surface area contributed by atoms with E-state index in [9.17, 15) is 8.78 Å². The number of alkyl halides is 2. The smallest absolute Gasteiger partial charge is 0.251 e. The zero-order chi connectivity index (χ0) is 10.3. The van der Waals surface area contributed by atoms with E-state index in [1.54, 1.807) is 7.05 Å². The van der Waals surface area contributed by atoms with Crippen molar-refractivity contribution in [3.05, 3.63) is 0 Å². The lowest BCUT2D eigenvalue weighted by Crippen LogP contribution is -2.26. The SMILES string of the molecule is CN(CCCC(N)=NO)CC(F)F. The molecule has 0 fully saturated rings. The Morgan fingerprint density at radius 1 is 1.62 bits per heavy atom. The van der Waals surface area contributed by atoms with Gasteiger partial charge in [0.2, 0.25) is 0 Å². The Morgan fingerprint density at radius 2 is 2.23 bits per heavy atom. The molecule has 0 aliphatic rings. The highest BCUT2D eigenvalue weighted by molar-refractivity contribution is 5.79. The largest absolute Gasteiger partial charge is 0.409 e. The number of halogens is 2. The Hall–Kier alpha value is -0.910. The summed E-state index contributed by atoms with van der Waals surface area (Å²) in [7, 11) is 1.61. The Morgan fingerprint density at radius 3 is 2.69 bits per heavy atom. The van der Waals surface area contributed by atoms with E-state index in [0.29, 0.717) is 19.4 Å². The molecule has 0 saturated heterocycles. The first-order valence-corrected chi connectivity index (χ1v) is 3.99. The Bertz CT molecular complexity index is 164. The van der Waals surface area contributed by atoms with Gasteiger partial charge in [-0.15, -0.1) is 0 Å². The summed E-state index contributed by atoms with van der Waals surface area (Å²) in [4.78, 5) is 1.51. The average molecular weight is 195 g/mol. The molecule has 0 heterocycles. The Balaban J connectivity index is 3.42. The van der Waals surface area contributed by atoms with E-state index in [2.05, 4.69) is 5.16 Å². The minimum absolute atomic E-state index is 0.130. The predicted octanol–water partition coefficient (Wildman–Crippen LogP) is 0.710. The van der Waals surface area contributed by atoms with Crippen LogP contribution in [0.1, 0.15) is 12.8 Å². The van der Waals surface area contributed by atoms with Crippen molar-refractivity contribution in [2.75, 3.05) is 20.1 Å². The lowest BCUT2D eigenvalue weighted by molar-refractivity contribution is 0.100. The van der Waals surface area contributed by atoms with Crippen LogP contribution in [0, 0.1) is 0 Å². The first-order valence-electron chi connectivity index (χ1n) is 3.99. The van der Waals surface area contributed by atoms with E-state index in [1.807, 2.05) is 0 Å². The summed E-state index contributed by atoms with van der Waals surface area (Å²) < 4.78 is 23.6. The average Bonchev–Trinajstić information content (AvgIpc) is 2.02. The van der Waals surface area contributed by atoms with Gasteiger partial charge in [-0.2, -0.15) is 0 Å². The summed E-state index contributed by atoms with van der Waals surface area (Å²) >= 11 is 0. The van der Waals surface area contributed by atoms with Crippen LogP contribution in [0.25, 0.3) is 0 Å². The number of oxime groups is 1. The molecule has 0 unspecified atom stereocenters. The molecule has 0 atom stereocenters. The van der Waals surface area contributed by atoms with Crippen LogP contribution in [0.15, 0.2) is 5.16 Å². The molecule has 0 aromatic heterocycles. The highest BCUT2D eigenvalue weighted by atomic mass is 19.3. The summed E-state index contributed by atoms with van der Waals surface area (Å²) in [6, 6.07) is 0. The van der Waals surface area contributed by atoms with Gasteiger partial charge in [0, 0.05) is 6.42 Å². The van der Waals surface area contributed by atoms with Crippen molar-refractivity contribution in [3.8, 4) is 0 Å². The number of nitrogens with two attached hydrogens (primary N) is 1. The van der Waals surface area contributed by atoms with Gasteiger partial charge in [-0.05, 0) is 20.0 Å². The maximum atomic E-state index is 11.8. The molecular weight excluding hydrogens is 180 g/mol. The van der Waals surface area contributed by atoms with Gasteiger partial charge < -0.3 is 15.8 Å². The molecular formula is C7H15F2N3O. The monoisotopic (exact) mass is 195 g/mol. The van der Waals surface area contributed by atoms with E-state index >= 15 is 0 Å². The maximum Gasteiger partial charge on any atom is 0.251 e. The van der Waals surface area contributed by atoms with Crippen molar-refractivity contribution < 1.29 is 14.0 Å². The van der Waals surface area contributed by atoms with Crippen molar-refractivity contribution in [3.63, 3.8) is 0 Å². The van der Waals surface area contributed by atoms with Crippen LogP contribution in [0.5, 0.6) is 0 Å². The van der Waals surface area contributed by atoms with Crippen molar-refractivity contribution in [1.82, 2.24) is 4.90 Å². The first-order chi connectivity index (χ1) is 6.06. The fourth-order valence-electron chi connectivity index (χ4n) is 0.907. The lowest BCUT2D eigenvalue weighted by atomic mass is 10.3. The maximum absolute atomic E-state index is 11.8. The zero-order valence-electron chi connectivity index (χ0n) is 7.58. The number of hydrogen-bond donors (Lipinski definition) is 2. The highest BCUT2D eigenvalue weighted by Crippen LogP contribution is 1.98. The Labute approximate surface area is 76.0 Å². The van der Waals surface area contributed by atoms with Crippen LogP contribution in [-0.4, -0.2) is 42.5 Å². The molecule has 0 amide bonds. The van der Waals surface area contributed by atoms with Gasteiger partial charge in [-0.3, -0.25) is 0 Å². The standard InChI is InChI=1S/C7H15F2N3O/c1-12(5-6(8)9)4-2-3-7(10)11-13/h6,13H,2-5H2,1H3,(H2,10,11). The van der Waals surface area contributed by atoms with Gasteiger partial charge in [0.05, 0.1) is 6.54 Å². The van der Waals surface area contributed by atoms with Crippen molar-refractivity contribution in [1.29, 1.82) is 0 Å². The van der Waals surface area contributed by atoms with Crippen LogP contribution < -0.4 is 5.73 Å². The molecule has 0 radical (unpaired) electrons. The summed E-state index contributed by atoms with van der Waals surface area (Å²) in [5, 5.41) is 10.9. The summed E-state index contributed by atoms with van der Waals surface area (Å²) in [6.07, 6.45) is -1.28. The van der Waals surface area contributed by atoms with Crippen LogP contribution in [0.2, 0.25) is 0 Å². The first kappa shape index (κ1) is 12.1. The van der Waals surface area contributed by atoms with E-state index in [0.717, 1.165) is 0 Å². The molecule has 4 nitrogen and oxygen atoms in total. The quantitative estimate of drug-likeness (QED) is 0.284. The van der Waals surface area contributed by atoms with Gasteiger partial charge in [0.25, 0.3) is 6.43 Å².